The van der Waals surface area contributed by atoms with Crippen molar-refractivity contribution in [1.82, 2.24) is 10.2 Å². The van der Waals surface area contributed by atoms with Gasteiger partial charge in [0.05, 0.1) is 13.2 Å². The minimum Gasteiger partial charge on any atom is -0.385 e. The number of ether oxygens (including phenoxy) is 1. The van der Waals surface area contributed by atoms with Crippen LogP contribution < -0.4 is 10.6 Å². The SMILES string of the molecule is N=C(N)C1CN(c2ccc(C(F)(F)F)nn2)CCO1. The van der Waals surface area contributed by atoms with Crippen LogP contribution in [0.3, 0.4) is 0 Å². The zero-order valence-electron chi connectivity index (χ0n) is 9.81. The molecule has 6 nitrogen and oxygen atoms in total. The van der Waals surface area contributed by atoms with Crippen LogP contribution in [0.5, 0.6) is 0 Å². The Morgan fingerprint density at radius 2 is 2.16 bits per heavy atom. The molecule has 1 saturated heterocycles. The summed E-state index contributed by atoms with van der Waals surface area (Å²) in [7, 11) is 0. The molecular formula is C10H12F3N5O. The van der Waals surface area contributed by atoms with Crippen molar-refractivity contribution in [2.75, 3.05) is 24.6 Å². The highest BCUT2D eigenvalue weighted by atomic mass is 19.4. The summed E-state index contributed by atoms with van der Waals surface area (Å²) in [5.74, 6) is 0.187. The summed E-state index contributed by atoms with van der Waals surface area (Å²) in [5, 5.41) is 14.0. The summed E-state index contributed by atoms with van der Waals surface area (Å²) in [6, 6.07) is 2.12. The van der Waals surface area contributed by atoms with Crippen molar-refractivity contribution in [1.29, 1.82) is 5.41 Å². The van der Waals surface area contributed by atoms with Gasteiger partial charge in [-0.2, -0.15) is 13.2 Å². The molecule has 1 aliphatic rings. The Hall–Kier alpha value is -1.90. The number of halogens is 3. The van der Waals surface area contributed by atoms with Gasteiger partial charge in [0, 0.05) is 6.54 Å². The lowest BCUT2D eigenvalue weighted by atomic mass is 10.2. The normalized spacial score (nSPS) is 20.4. The Kier molecular flexibility index (Phi) is 3.56. The smallest absolute Gasteiger partial charge is 0.385 e. The van der Waals surface area contributed by atoms with E-state index < -0.39 is 18.0 Å². The zero-order valence-corrected chi connectivity index (χ0v) is 9.81. The number of anilines is 1. The van der Waals surface area contributed by atoms with Crippen molar-refractivity contribution in [3.05, 3.63) is 17.8 Å². The number of nitrogens with one attached hydrogen (secondary N) is 1. The number of alkyl halides is 3. The number of nitrogens with two attached hydrogens (primary N) is 1. The first-order valence-corrected chi connectivity index (χ1v) is 5.49. The van der Waals surface area contributed by atoms with Gasteiger partial charge >= 0.3 is 6.18 Å². The fraction of sp³-hybridized carbons (Fsp3) is 0.500. The number of rotatable bonds is 2. The second-order valence-corrected chi connectivity index (χ2v) is 4.04. The maximum absolute atomic E-state index is 12.3. The van der Waals surface area contributed by atoms with E-state index >= 15 is 0 Å². The summed E-state index contributed by atoms with van der Waals surface area (Å²) in [6.07, 6.45) is -5.07. The van der Waals surface area contributed by atoms with E-state index in [1.165, 1.54) is 6.07 Å². The molecule has 0 amide bonds. The average molecular weight is 275 g/mol. The Balaban J connectivity index is 2.12. The van der Waals surface area contributed by atoms with E-state index in [4.69, 9.17) is 15.9 Å². The Labute approximate surface area is 106 Å². The van der Waals surface area contributed by atoms with E-state index in [1.54, 1.807) is 4.90 Å². The number of hydrogen-bond acceptors (Lipinski definition) is 5. The van der Waals surface area contributed by atoms with Crippen LogP contribution in [0.4, 0.5) is 19.0 Å². The van der Waals surface area contributed by atoms with Gasteiger partial charge < -0.3 is 15.4 Å². The van der Waals surface area contributed by atoms with Crippen LogP contribution in [-0.4, -0.2) is 41.8 Å². The molecule has 3 N–H and O–H groups in total. The minimum absolute atomic E-state index is 0.121. The van der Waals surface area contributed by atoms with Crippen molar-refractivity contribution in [2.24, 2.45) is 5.73 Å². The van der Waals surface area contributed by atoms with Crippen molar-refractivity contribution in [3.8, 4) is 0 Å². The molecule has 1 aromatic heterocycles. The molecule has 1 atom stereocenters. The lowest BCUT2D eigenvalue weighted by Gasteiger charge is -2.32. The molecule has 2 rings (SSSR count). The van der Waals surface area contributed by atoms with Gasteiger partial charge in [0.2, 0.25) is 0 Å². The molecule has 0 spiro atoms. The molecule has 0 aromatic carbocycles. The highest BCUT2D eigenvalue weighted by molar-refractivity contribution is 5.82. The lowest BCUT2D eigenvalue weighted by molar-refractivity contribution is -0.141. The van der Waals surface area contributed by atoms with Crippen LogP contribution in [0.15, 0.2) is 12.1 Å². The third-order valence-corrected chi connectivity index (χ3v) is 2.68. The van der Waals surface area contributed by atoms with Crippen molar-refractivity contribution in [3.63, 3.8) is 0 Å². The van der Waals surface area contributed by atoms with Gasteiger partial charge in [-0.15, -0.1) is 10.2 Å². The van der Waals surface area contributed by atoms with Crippen molar-refractivity contribution in [2.45, 2.75) is 12.3 Å². The monoisotopic (exact) mass is 275 g/mol. The number of amidine groups is 1. The van der Waals surface area contributed by atoms with Crippen molar-refractivity contribution >= 4 is 11.7 Å². The van der Waals surface area contributed by atoms with Gasteiger partial charge in [-0.05, 0) is 12.1 Å². The highest BCUT2D eigenvalue weighted by Gasteiger charge is 2.33. The summed E-state index contributed by atoms with van der Waals surface area (Å²) < 4.78 is 42.3. The molecule has 19 heavy (non-hydrogen) atoms. The maximum atomic E-state index is 12.3. The Morgan fingerprint density at radius 1 is 1.42 bits per heavy atom. The molecule has 1 aliphatic heterocycles. The van der Waals surface area contributed by atoms with Gasteiger partial charge in [0.1, 0.15) is 11.9 Å². The first-order valence-electron chi connectivity index (χ1n) is 5.49. The molecule has 1 fully saturated rings. The Bertz CT molecular complexity index is 461. The van der Waals surface area contributed by atoms with E-state index in [9.17, 15) is 13.2 Å². The van der Waals surface area contributed by atoms with Crippen LogP contribution >= 0.6 is 0 Å². The van der Waals surface area contributed by atoms with E-state index in [0.717, 1.165) is 6.07 Å². The molecule has 2 heterocycles. The fourth-order valence-electron chi connectivity index (χ4n) is 1.69. The molecule has 1 unspecified atom stereocenters. The second-order valence-electron chi connectivity index (χ2n) is 4.04. The topological polar surface area (TPSA) is 88.1 Å². The third kappa shape index (κ3) is 3.11. The Morgan fingerprint density at radius 3 is 2.68 bits per heavy atom. The van der Waals surface area contributed by atoms with Crippen LogP contribution in [0.25, 0.3) is 0 Å². The van der Waals surface area contributed by atoms with Crippen LogP contribution in [0.2, 0.25) is 0 Å². The quantitative estimate of drug-likeness (QED) is 0.610. The van der Waals surface area contributed by atoms with Gasteiger partial charge in [0.25, 0.3) is 0 Å². The number of nitrogens with zero attached hydrogens (tertiary/aromatic N) is 3. The first-order chi connectivity index (χ1) is 8.88. The first kappa shape index (κ1) is 13.5. The molecule has 0 bridgehead atoms. The van der Waals surface area contributed by atoms with Crippen molar-refractivity contribution < 1.29 is 17.9 Å². The molecule has 0 aliphatic carbocycles. The molecule has 9 heteroatoms. The van der Waals surface area contributed by atoms with E-state index in [2.05, 4.69) is 10.2 Å². The number of hydrogen-bond donors (Lipinski definition) is 2. The third-order valence-electron chi connectivity index (χ3n) is 2.68. The van der Waals surface area contributed by atoms with E-state index in [-0.39, 0.29) is 12.4 Å². The van der Waals surface area contributed by atoms with Crippen LogP contribution in [0.1, 0.15) is 5.69 Å². The summed E-state index contributed by atoms with van der Waals surface area (Å²) in [5.41, 5.74) is 4.30. The number of aromatic nitrogens is 2. The fourth-order valence-corrected chi connectivity index (χ4v) is 1.69. The van der Waals surface area contributed by atoms with E-state index in [1.807, 2.05) is 0 Å². The molecule has 1 aromatic rings. The summed E-state index contributed by atoms with van der Waals surface area (Å²) in [4.78, 5) is 1.68. The van der Waals surface area contributed by atoms with E-state index in [0.29, 0.717) is 19.0 Å². The van der Waals surface area contributed by atoms with Gasteiger partial charge in [0.15, 0.2) is 11.5 Å². The average Bonchev–Trinajstić information content (AvgIpc) is 2.38. The highest BCUT2D eigenvalue weighted by Crippen LogP contribution is 2.27. The summed E-state index contributed by atoms with van der Waals surface area (Å²) in [6.45, 7) is 1.06. The standard InChI is InChI=1S/C10H12F3N5O/c11-10(12,13)7-1-2-8(17-16-7)18-3-4-19-6(5-18)9(14)15/h1-2,6H,3-5H2,(H3,14,15). The van der Waals surface area contributed by atoms with Gasteiger partial charge in [-0.25, -0.2) is 0 Å². The summed E-state index contributed by atoms with van der Waals surface area (Å²) >= 11 is 0. The van der Waals surface area contributed by atoms with Gasteiger partial charge in [-0.1, -0.05) is 0 Å². The molecule has 104 valence electrons. The maximum Gasteiger partial charge on any atom is 0.435 e. The molecule has 0 saturated carbocycles. The largest absolute Gasteiger partial charge is 0.435 e. The predicted octanol–water partition coefficient (Wildman–Crippen LogP) is 0.637. The zero-order chi connectivity index (χ0) is 14.0. The predicted molar refractivity (Wildman–Crippen MR) is 60.9 cm³/mol. The molecule has 0 radical (unpaired) electrons. The lowest BCUT2D eigenvalue weighted by Crippen LogP contribution is -2.48. The number of morpholine rings is 1. The van der Waals surface area contributed by atoms with Crippen LogP contribution in [0, 0.1) is 5.41 Å². The van der Waals surface area contributed by atoms with Gasteiger partial charge in [-0.3, -0.25) is 5.41 Å². The van der Waals surface area contributed by atoms with Crippen LogP contribution in [-0.2, 0) is 10.9 Å². The molecular weight excluding hydrogens is 263 g/mol. The second kappa shape index (κ2) is 5.00. The minimum atomic E-state index is -4.50.